The maximum Gasteiger partial charge on any atom is 0.163 e. The Hall–Kier alpha value is -3.12. The monoisotopic (exact) mass is 492 g/mol. The van der Waals surface area contributed by atoms with E-state index in [1.165, 1.54) is 6.07 Å². The molecule has 0 spiro atoms. The van der Waals surface area contributed by atoms with Gasteiger partial charge >= 0.3 is 0 Å². The lowest BCUT2D eigenvalue weighted by atomic mass is 9.78. The molecule has 0 amide bonds. The van der Waals surface area contributed by atoms with E-state index >= 15 is 0 Å². The van der Waals surface area contributed by atoms with Gasteiger partial charge in [-0.05, 0) is 60.4 Å². The van der Waals surface area contributed by atoms with Crippen molar-refractivity contribution in [2.75, 3.05) is 17.7 Å². The first-order valence-corrected chi connectivity index (χ1v) is 11.3. The van der Waals surface area contributed by atoms with E-state index in [0.29, 0.717) is 24.0 Å². The van der Waals surface area contributed by atoms with E-state index in [9.17, 15) is 9.18 Å². The summed E-state index contributed by atoms with van der Waals surface area (Å²) in [5.41, 5.74) is 4.63. The van der Waals surface area contributed by atoms with Crippen LogP contribution in [0.15, 0.2) is 82.5 Å². The fraction of sp³-hybridized carbons (Fsp3) is 0.192. The van der Waals surface area contributed by atoms with Crippen LogP contribution in [0.4, 0.5) is 15.8 Å². The maximum atomic E-state index is 14.9. The van der Waals surface area contributed by atoms with Crippen LogP contribution in [0.5, 0.6) is 5.75 Å². The molecule has 2 N–H and O–H groups in total. The second-order valence-electron chi connectivity index (χ2n) is 8.11. The number of carbonyl (C=O) groups is 1. The van der Waals surface area contributed by atoms with Crippen molar-refractivity contribution in [3.05, 3.63) is 99.4 Å². The molecular weight excluding hydrogens is 471 g/mol. The van der Waals surface area contributed by atoms with Gasteiger partial charge in [0.1, 0.15) is 11.6 Å². The minimum Gasteiger partial charge on any atom is -0.497 e. The first-order valence-electron chi connectivity index (χ1n) is 10.5. The molecule has 0 aromatic heterocycles. The molecule has 2 unspecified atom stereocenters. The summed E-state index contributed by atoms with van der Waals surface area (Å²) in [5, 5.41) is 6.91. The molecule has 1 aliphatic heterocycles. The highest BCUT2D eigenvalue weighted by Crippen LogP contribution is 2.45. The van der Waals surface area contributed by atoms with Crippen molar-refractivity contribution in [1.29, 1.82) is 0 Å². The van der Waals surface area contributed by atoms with Crippen LogP contribution in [0.2, 0.25) is 0 Å². The molecule has 0 saturated carbocycles. The molecule has 1 aliphatic carbocycles. The van der Waals surface area contributed by atoms with Crippen molar-refractivity contribution in [3.63, 3.8) is 0 Å². The number of benzene rings is 3. The summed E-state index contributed by atoms with van der Waals surface area (Å²) in [6.07, 6.45) is 1.01. The molecular formula is C26H22BrFN2O2. The molecule has 0 fully saturated rings. The average Bonchev–Trinajstić information content (AvgIpc) is 2.97. The summed E-state index contributed by atoms with van der Waals surface area (Å²) in [6, 6.07) is 19.9. The Morgan fingerprint density at radius 3 is 2.62 bits per heavy atom. The third-order valence-corrected chi connectivity index (χ3v) is 6.64. The van der Waals surface area contributed by atoms with Crippen molar-refractivity contribution in [2.24, 2.45) is 0 Å². The number of halogens is 2. The number of Topliss-reactive ketones (excluding diaryl/α,β-unsaturated/α-hetero) is 1. The Bertz CT molecular complexity index is 1240. The summed E-state index contributed by atoms with van der Waals surface area (Å²) >= 11 is 3.45. The maximum absolute atomic E-state index is 14.9. The average molecular weight is 493 g/mol. The number of rotatable bonds is 3. The van der Waals surface area contributed by atoms with E-state index in [4.69, 9.17) is 4.74 Å². The third-order valence-electron chi connectivity index (χ3n) is 6.14. The van der Waals surface area contributed by atoms with Crippen LogP contribution in [0.1, 0.15) is 35.9 Å². The molecule has 3 aromatic rings. The quantitative estimate of drug-likeness (QED) is 0.433. The Labute approximate surface area is 194 Å². The summed E-state index contributed by atoms with van der Waals surface area (Å²) < 4.78 is 21.1. The van der Waals surface area contributed by atoms with E-state index in [-0.39, 0.29) is 17.5 Å². The van der Waals surface area contributed by atoms with Gasteiger partial charge in [-0.2, -0.15) is 0 Å². The van der Waals surface area contributed by atoms with Gasteiger partial charge in [0, 0.05) is 27.7 Å². The van der Waals surface area contributed by atoms with Gasteiger partial charge in [0.05, 0.1) is 24.5 Å². The summed E-state index contributed by atoms with van der Waals surface area (Å²) in [6.45, 7) is 0. The molecule has 5 rings (SSSR count). The number of hydrogen-bond donors (Lipinski definition) is 2. The van der Waals surface area contributed by atoms with Crippen molar-refractivity contribution in [1.82, 2.24) is 0 Å². The van der Waals surface area contributed by atoms with E-state index in [0.717, 1.165) is 32.9 Å². The number of anilines is 2. The SMILES string of the molecule is COc1cccc(C2CC(=O)C3=C(C2)Nc2ccccc2NC3c2cc(Br)ccc2F)c1. The highest BCUT2D eigenvalue weighted by Gasteiger charge is 2.37. The van der Waals surface area contributed by atoms with Crippen LogP contribution in [0.3, 0.4) is 0 Å². The number of ether oxygens (including phenoxy) is 1. The highest BCUT2D eigenvalue weighted by atomic mass is 79.9. The summed E-state index contributed by atoms with van der Waals surface area (Å²) in [7, 11) is 1.64. The second kappa shape index (κ2) is 8.43. The van der Waals surface area contributed by atoms with Gasteiger partial charge in [0.2, 0.25) is 0 Å². The predicted octanol–water partition coefficient (Wildman–Crippen LogP) is 6.58. The Morgan fingerprint density at radius 2 is 1.81 bits per heavy atom. The number of nitrogens with one attached hydrogen (secondary N) is 2. The molecule has 4 nitrogen and oxygen atoms in total. The van der Waals surface area contributed by atoms with Gasteiger partial charge in [-0.25, -0.2) is 4.39 Å². The second-order valence-corrected chi connectivity index (χ2v) is 9.03. The van der Waals surface area contributed by atoms with Gasteiger partial charge in [-0.1, -0.05) is 40.2 Å². The third kappa shape index (κ3) is 3.79. The van der Waals surface area contributed by atoms with Gasteiger partial charge in [0.25, 0.3) is 0 Å². The fourth-order valence-electron chi connectivity index (χ4n) is 4.59. The van der Waals surface area contributed by atoms with Crippen LogP contribution in [-0.2, 0) is 4.79 Å². The molecule has 32 heavy (non-hydrogen) atoms. The highest BCUT2D eigenvalue weighted by molar-refractivity contribution is 9.10. The molecule has 2 atom stereocenters. The van der Waals surface area contributed by atoms with Crippen molar-refractivity contribution < 1.29 is 13.9 Å². The van der Waals surface area contributed by atoms with E-state index in [2.05, 4.69) is 26.6 Å². The zero-order valence-electron chi connectivity index (χ0n) is 17.5. The van der Waals surface area contributed by atoms with E-state index < -0.39 is 6.04 Å². The Balaban J connectivity index is 1.62. The molecule has 162 valence electrons. The molecule has 6 heteroatoms. The van der Waals surface area contributed by atoms with E-state index in [1.54, 1.807) is 19.2 Å². The van der Waals surface area contributed by atoms with Crippen LogP contribution in [0, 0.1) is 5.82 Å². The molecule has 0 saturated heterocycles. The lowest BCUT2D eigenvalue weighted by Crippen LogP contribution is -2.27. The molecule has 1 heterocycles. The fourth-order valence-corrected chi connectivity index (χ4v) is 4.97. The zero-order valence-corrected chi connectivity index (χ0v) is 19.1. The molecule has 3 aromatic carbocycles. The Kier molecular flexibility index (Phi) is 5.47. The standard InChI is InChI=1S/C26H22BrFN2O2/c1-32-18-6-4-5-15(11-18)16-12-23-25(24(31)13-16)26(19-14-17(27)9-10-20(19)28)30-22-8-3-2-7-21(22)29-23/h2-11,14,16,26,29-30H,12-13H2,1H3. The van der Waals surface area contributed by atoms with Crippen molar-refractivity contribution >= 4 is 33.1 Å². The minimum absolute atomic E-state index is 0.0104. The number of carbonyl (C=O) groups excluding carboxylic acids is 1. The van der Waals surface area contributed by atoms with Gasteiger partial charge in [0.15, 0.2) is 5.78 Å². The van der Waals surface area contributed by atoms with Crippen LogP contribution in [0.25, 0.3) is 0 Å². The first-order chi connectivity index (χ1) is 15.5. The van der Waals surface area contributed by atoms with Crippen LogP contribution < -0.4 is 15.4 Å². The first kappa shape index (κ1) is 20.8. The minimum atomic E-state index is -0.586. The van der Waals surface area contributed by atoms with E-state index in [1.807, 2.05) is 48.5 Å². The number of fused-ring (bicyclic) bond motifs is 1. The molecule has 2 aliphatic rings. The number of hydrogen-bond acceptors (Lipinski definition) is 4. The summed E-state index contributed by atoms with van der Waals surface area (Å²) in [5.74, 6) is 0.447. The number of methoxy groups -OCH3 is 1. The molecule has 0 radical (unpaired) electrons. The molecule has 0 bridgehead atoms. The lowest BCUT2D eigenvalue weighted by Gasteiger charge is -2.30. The summed E-state index contributed by atoms with van der Waals surface area (Å²) in [4.78, 5) is 13.5. The lowest BCUT2D eigenvalue weighted by molar-refractivity contribution is -0.116. The van der Waals surface area contributed by atoms with Gasteiger partial charge < -0.3 is 15.4 Å². The normalized spacial score (nSPS) is 19.9. The van der Waals surface area contributed by atoms with Crippen LogP contribution in [-0.4, -0.2) is 12.9 Å². The van der Waals surface area contributed by atoms with Crippen molar-refractivity contribution in [2.45, 2.75) is 24.8 Å². The van der Waals surface area contributed by atoms with Gasteiger partial charge in [-0.3, -0.25) is 4.79 Å². The van der Waals surface area contributed by atoms with Crippen molar-refractivity contribution in [3.8, 4) is 5.75 Å². The zero-order chi connectivity index (χ0) is 22.2. The van der Waals surface area contributed by atoms with Crippen LogP contribution >= 0.6 is 15.9 Å². The topological polar surface area (TPSA) is 50.4 Å². The van der Waals surface area contributed by atoms with Gasteiger partial charge in [-0.15, -0.1) is 0 Å². The Morgan fingerprint density at radius 1 is 1.00 bits per heavy atom. The largest absolute Gasteiger partial charge is 0.497 e. The predicted molar refractivity (Wildman–Crippen MR) is 128 cm³/mol. The number of para-hydroxylation sites is 2. The smallest absolute Gasteiger partial charge is 0.163 e. The number of ketones is 1. The number of allylic oxidation sites excluding steroid dienone is 1.